The Morgan fingerprint density at radius 2 is 1.94 bits per heavy atom. The second-order valence-corrected chi connectivity index (χ2v) is 3.78. The van der Waals surface area contributed by atoms with E-state index in [0.717, 1.165) is 6.08 Å². The van der Waals surface area contributed by atoms with Crippen molar-refractivity contribution in [3.63, 3.8) is 0 Å². The van der Waals surface area contributed by atoms with Crippen LogP contribution in [0.25, 0.3) is 0 Å². The van der Waals surface area contributed by atoms with Crippen LogP contribution < -0.4 is 8.92 Å². The van der Waals surface area contributed by atoms with Crippen LogP contribution in [-0.2, 0) is 15.1 Å². The lowest BCUT2D eigenvalue weighted by Crippen LogP contribution is -2.06. The summed E-state index contributed by atoms with van der Waals surface area (Å²) in [5, 5.41) is 0. The summed E-state index contributed by atoms with van der Waals surface area (Å²) in [6.07, 6.45) is 0.901. The Balaban J connectivity index is 3.01. The minimum Gasteiger partial charge on any atom is -0.490 e. The van der Waals surface area contributed by atoms with Gasteiger partial charge >= 0.3 is 10.3 Å². The molecule has 0 aliphatic heterocycles. The molecule has 0 radical (unpaired) electrons. The molecular weight excluding hydrogens is 234 g/mol. The molecule has 0 N–H and O–H groups in total. The molecule has 6 nitrogen and oxygen atoms in total. The van der Waals surface area contributed by atoms with E-state index in [4.69, 9.17) is 4.74 Å². The van der Waals surface area contributed by atoms with E-state index in [1.54, 1.807) is 25.1 Å². The molecule has 0 bridgehead atoms. The predicted octanol–water partition coefficient (Wildman–Crippen LogP) is 1.04. The Kier molecular flexibility index (Phi) is 4.04. The molecule has 0 fully saturated rings. The molecular formula is C9H9NO5S. The summed E-state index contributed by atoms with van der Waals surface area (Å²) in [6, 6.07) is 6.16. The van der Waals surface area contributed by atoms with E-state index in [9.17, 15) is 13.2 Å². The molecule has 86 valence electrons. The predicted molar refractivity (Wildman–Crippen MR) is 55.3 cm³/mol. The van der Waals surface area contributed by atoms with Crippen LogP contribution in [-0.4, -0.2) is 21.1 Å². The number of carbonyl (C=O) groups excluding carboxylic acids is 1. The van der Waals surface area contributed by atoms with Gasteiger partial charge in [0.25, 0.3) is 6.08 Å². The van der Waals surface area contributed by atoms with Crippen LogP contribution in [0.1, 0.15) is 6.92 Å². The highest BCUT2D eigenvalue weighted by atomic mass is 32.2. The zero-order valence-corrected chi connectivity index (χ0v) is 9.23. The molecule has 16 heavy (non-hydrogen) atoms. The fourth-order valence-electron chi connectivity index (χ4n) is 0.971. The monoisotopic (exact) mass is 243 g/mol. The molecule has 1 aromatic carbocycles. The van der Waals surface area contributed by atoms with Crippen molar-refractivity contribution in [1.29, 1.82) is 0 Å². The van der Waals surface area contributed by atoms with E-state index in [-0.39, 0.29) is 11.5 Å². The summed E-state index contributed by atoms with van der Waals surface area (Å²) in [4.78, 5) is 9.84. The zero-order valence-electron chi connectivity index (χ0n) is 8.41. The zero-order chi connectivity index (χ0) is 12.0. The number of isocyanates is 1. The number of benzene rings is 1. The lowest BCUT2D eigenvalue weighted by molar-refractivity contribution is 0.327. The Bertz CT molecular complexity index is 504. The van der Waals surface area contributed by atoms with Crippen molar-refractivity contribution in [2.24, 2.45) is 4.40 Å². The molecule has 0 saturated heterocycles. The lowest BCUT2D eigenvalue weighted by atomic mass is 10.3. The van der Waals surface area contributed by atoms with Gasteiger partial charge in [-0.15, -0.1) is 0 Å². The van der Waals surface area contributed by atoms with Crippen LogP contribution in [0, 0.1) is 0 Å². The van der Waals surface area contributed by atoms with E-state index < -0.39 is 10.3 Å². The Hall–Kier alpha value is -1.85. The van der Waals surface area contributed by atoms with Gasteiger partial charge in [-0.1, -0.05) is 12.1 Å². The van der Waals surface area contributed by atoms with Crippen molar-refractivity contribution in [1.82, 2.24) is 0 Å². The maximum Gasteiger partial charge on any atom is 0.439 e. The van der Waals surface area contributed by atoms with Crippen molar-refractivity contribution in [3.8, 4) is 11.5 Å². The van der Waals surface area contributed by atoms with Gasteiger partial charge in [-0.2, -0.15) is 8.42 Å². The summed E-state index contributed by atoms with van der Waals surface area (Å²) in [5.41, 5.74) is 0. The molecule has 7 heteroatoms. The number of para-hydroxylation sites is 2. The minimum atomic E-state index is -4.30. The summed E-state index contributed by atoms with van der Waals surface area (Å²) < 4.78 is 34.3. The number of nitrogens with zero attached hydrogens (tertiary/aromatic N) is 1. The van der Waals surface area contributed by atoms with Gasteiger partial charge in [0.2, 0.25) is 0 Å². The molecule has 0 unspecified atom stereocenters. The third-order valence-corrected chi connectivity index (χ3v) is 2.18. The highest BCUT2D eigenvalue weighted by Gasteiger charge is 2.14. The van der Waals surface area contributed by atoms with Crippen LogP contribution in [0.15, 0.2) is 28.7 Å². The highest BCUT2D eigenvalue weighted by molar-refractivity contribution is 7.85. The Morgan fingerprint density at radius 3 is 2.50 bits per heavy atom. The van der Waals surface area contributed by atoms with E-state index in [0.29, 0.717) is 6.61 Å². The number of hydrogen-bond acceptors (Lipinski definition) is 5. The van der Waals surface area contributed by atoms with Gasteiger partial charge in [-0.25, -0.2) is 4.79 Å². The molecule has 0 saturated carbocycles. The van der Waals surface area contributed by atoms with Crippen LogP contribution in [0.4, 0.5) is 0 Å². The van der Waals surface area contributed by atoms with Gasteiger partial charge in [0.15, 0.2) is 11.5 Å². The van der Waals surface area contributed by atoms with Crippen molar-refractivity contribution >= 4 is 16.4 Å². The Labute approximate surface area is 92.8 Å². The molecule has 1 rings (SSSR count). The number of hydrogen-bond donors (Lipinski definition) is 0. The van der Waals surface area contributed by atoms with Gasteiger partial charge in [0, 0.05) is 0 Å². The summed E-state index contributed by atoms with van der Waals surface area (Å²) >= 11 is 0. The third kappa shape index (κ3) is 3.38. The highest BCUT2D eigenvalue weighted by Crippen LogP contribution is 2.27. The normalized spacial score (nSPS) is 10.3. The van der Waals surface area contributed by atoms with E-state index >= 15 is 0 Å². The van der Waals surface area contributed by atoms with Gasteiger partial charge < -0.3 is 8.92 Å². The molecule has 0 aliphatic rings. The topological polar surface area (TPSA) is 82.0 Å². The maximum absolute atomic E-state index is 11.0. The lowest BCUT2D eigenvalue weighted by Gasteiger charge is -2.08. The smallest absolute Gasteiger partial charge is 0.439 e. The second-order valence-electron chi connectivity index (χ2n) is 2.57. The van der Waals surface area contributed by atoms with Gasteiger partial charge in [-0.3, -0.25) is 0 Å². The first-order valence-electron chi connectivity index (χ1n) is 4.34. The molecule has 0 heterocycles. The molecule has 0 aromatic heterocycles. The summed E-state index contributed by atoms with van der Waals surface area (Å²) in [5.74, 6) is 0.234. The molecule has 0 atom stereocenters. The van der Waals surface area contributed by atoms with Crippen LogP contribution >= 0.6 is 0 Å². The minimum absolute atomic E-state index is 0.0247. The van der Waals surface area contributed by atoms with E-state index in [1.165, 1.54) is 6.07 Å². The van der Waals surface area contributed by atoms with E-state index in [2.05, 4.69) is 8.58 Å². The number of ether oxygens (including phenoxy) is 1. The SMILES string of the molecule is CCOc1ccccc1OS(=O)(=O)N=C=O. The largest absolute Gasteiger partial charge is 0.490 e. The first-order chi connectivity index (χ1) is 7.59. The van der Waals surface area contributed by atoms with Gasteiger partial charge in [0.05, 0.1) is 6.61 Å². The van der Waals surface area contributed by atoms with E-state index in [1.807, 2.05) is 0 Å². The fraction of sp³-hybridized carbons (Fsp3) is 0.222. The fourth-order valence-corrected chi connectivity index (χ4v) is 1.46. The number of rotatable bonds is 5. The average molecular weight is 243 g/mol. The van der Waals surface area contributed by atoms with Crippen LogP contribution in [0.3, 0.4) is 0 Å². The average Bonchev–Trinajstić information content (AvgIpc) is 2.20. The first kappa shape index (κ1) is 12.2. The van der Waals surface area contributed by atoms with Crippen molar-refractivity contribution in [3.05, 3.63) is 24.3 Å². The first-order valence-corrected chi connectivity index (χ1v) is 5.71. The summed E-state index contributed by atoms with van der Waals surface area (Å²) in [7, 11) is -4.30. The van der Waals surface area contributed by atoms with Gasteiger partial charge in [0.1, 0.15) is 0 Å². The van der Waals surface area contributed by atoms with Crippen LogP contribution in [0.2, 0.25) is 0 Å². The quantitative estimate of drug-likeness (QED) is 0.570. The molecule has 1 aromatic rings. The van der Waals surface area contributed by atoms with Crippen molar-refractivity contribution in [2.75, 3.05) is 6.61 Å². The molecule has 0 amide bonds. The maximum atomic E-state index is 11.0. The molecule has 0 spiro atoms. The second kappa shape index (κ2) is 5.29. The van der Waals surface area contributed by atoms with Crippen molar-refractivity contribution < 1.29 is 22.1 Å². The van der Waals surface area contributed by atoms with Crippen molar-refractivity contribution in [2.45, 2.75) is 6.92 Å². The van der Waals surface area contributed by atoms with Gasteiger partial charge in [-0.05, 0) is 23.5 Å². The molecule has 0 aliphatic carbocycles. The van der Waals surface area contributed by atoms with Crippen LogP contribution in [0.5, 0.6) is 11.5 Å². The third-order valence-electron chi connectivity index (χ3n) is 1.49. The standard InChI is InChI=1S/C9H9NO5S/c1-2-14-8-5-3-4-6-9(8)15-16(12,13)10-7-11/h3-6H,2H2,1H3. The summed E-state index contributed by atoms with van der Waals surface area (Å²) in [6.45, 7) is 2.10. The Morgan fingerprint density at radius 1 is 1.31 bits per heavy atom.